The molecule has 3 nitrogen and oxygen atoms in total. The van der Waals surface area contributed by atoms with Crippen LogP contribution in [0.4, 0.5) is 5.69 Å². The van der Waals surface area contributed by atoms with Gasteiger partial charge in [0.15, 0.2) is 0 Å². The van der Waals surface area contributed by atoms with Crippen molar-refractivity contribution >= 4 is 17.5 Å². The molecule has 3 rings (SSSR count). The molecule has 23 heavy (non-hydrogen) atoms. The minimum Gasteiger partial charge on any atom is -0.378 e. The third kappa shape index (κ3) is 3.69. The minimum absolute atomic E-state index is 0.963. The summed E-state index contributed by atoms with van der Waals surface area (Å²) in [7, 11) is 4.14. The molecule has 0 spiro atoms. The van der Waals surface area contributed by atoms with E-state index in [9.17, 15) is 0 Å². The first-order valence-corrected chi connectivity index (χ1v) is 7.75. The number of likely N-dealkylation sites (N-methyl/N-ethyl adjacent to an activating group) is 1. The normalized spacial score (nSPS) is 13.8. The lowest BCUT2D eigenvalue weighted by Crippen LogP contribution is -2.07. The summed E-state index contributed by atoms with van der Waals surface area (Å²) >= 11 is 0. The van der Waals surface area contributed by atoms with Gasteiger partial charge in [-0.2, -0.15) is 5.10 Å². The van der Waals surface area contributed by atoms with E-state index in [1.54, 1.807) is 0 Å². The van der Waals surface area contributed by atoms with Crippen LogP contribution >= 0.6 is 0 Å². The highest BCUT2D eigenvalue weighted by atomic mass is 15.3. The second-order valence-electron chi connectivity index (χ2n) is 5.72. The van der Waals surface area contributed by atoms with Crippen molar-refractivity contribution in [1.82, 2.24) is 4.90 Å². The number of nitrogens with zero attached hydrogens (tertiary/aromatic N) is 2. The van der Waals surface area contributed by atoms with E-state index in [4.69, 9.17) is 0 Å². The summed E-state index contributed by atoms with van der Waals surface area (Å²) in [5.41, 5.74) is 8.99. The van der Waals surface area contributed by atoms with Gasteiger partial charge in [0.1, 0.15) is 0 Å². The lowest BCUT2D eigenvalue weighted by atomic mass is 10.00. The van der Waals surface area contributed by atoms with Gasteiger partial charge in [-0.25, -0.2) is 0 Å². The third-order valence-electron chi connectivity index (χ3n) is 3.85. The van der Waals surface area contributed by atoms with Crippen molar-refractivity contribution in [2.24, 2.45) is 5.10 Å². The Balaban J connectivity index is 1.78. The Morgan fingerprint density at radius 2 is 1.74 bits per heavy atom. The van der Waals surface area contributed by atoms with Crippen LogP contribution in [0.15, 0.2) is 77.5 Å². The molecule has 0 heterocycles. The Morgan fingerprint density at radius 3 is 2.48 bits per heavy atom. The van der Waals surface area contributed by atoms with Gasteiger partial charge in [0, 0.05) is 25.4 Å². The standard InChI is InChI=1S/C20H21N3/c1-23(2)19-13-12-16(14-19)20-11-7-6-8-17(20)15-21-22-18-9-4-3-5-10-18/h3-11,13-15,22H,12H2,1-2H3/b21-15+. The number of nitrogens with one attached hydrogen (secondary N) is 1. The molecule has 2 aromatic carbocycles. The predicted octanol–water partition coefficient (Wildman–Crippen LogP) is 4.37. The van der Waals surface area contributed by atoms with E-state index in [0.717, 1.165) is 17.7 Å². The first-order chi connectivity index (χ1) is 11.2. The summed E-state index contributed by atoms with van der Waals surface area (Å²) in [6.45, 7) is 0. The topological polar surface area (TPSA) is 27.6 Å². The van der Waals surface area contributed by atoms with Crippen molar-refractivity contribution in [2.45, 2.75) is 6.42 Å². The maximum absolute atomic E-state index is 4.37. The molecule has 116 valence electrons. The number of allylic oxidation sites excluding steroid dienone is 3. The molecule has 0 bridgehead atoms. The van der Waals surface area contributed by atoms with Crippen LogP contribution in [0.2, 0.25) is 0 Å². The maximum atomic E-state index is 4.37. The van der Waals surface area contributed by atoms with Crippen molar-refractivity contribution in [1.29, 1.82) is 0 Å². The zero-order valence-electron chi connectivity index (χ0n) is 13.5. The fraction of sp³-hybridized carbons (Fsp3) is 0.150. The second-order valence-corrected chi connectivity index (χ2v) is 5.72. The van der Waals surface area contributed by atoms with Crippen molar-refractivity contribution < 1.29 is 0 Å². The van der Waals surface area contributed by atoms with E-state index < -0.39 is 0 Å². The van der Waals surface area contributed by atoms with Crippen LogP contribution < -0.4 is 5.43 Å². The molecular weight excluding hydrogens is 282 g/mol. The van der Waals surface area contributed by atoms with Crippen LogP contribution in [0, 0.1) is 0 Å². The molecule has 1 aliphatic rings. The molecule has 2 aromatic rings. The molecule has 0 unspecified atom stereocenters. The van der Waals surface area contributed by atoms with Gasteiger partial charge in [-0.05, 0) is 35.8 Å². The van der Waals surface area contributed by atoms with Gasteiger partial charge in [0.05, 0.1) is 11.9 Å². The molecular formula is C20H21N3. The predicted molar refractivity (Wildman–Crippen MR) is 98.5 cm³/mol. The summed E-state index contributed by atoms with van der Waals surface area (Å²) in [5, 5.41) is 4.37. The van der Waals surface area contributed by atoms with Crippen LogP contribution in [0.1, 0.15) is 17.5 Å². The van der Waals surface area contributed by atoms with E-state index in [2.05, 4.69) is 59.9 Å². The summed E-state index contributed by atoms with van der Waals surface area (Å²) in [6.07, 6.45) is 7.35. The van der Waals surface area contributed by atoms with E-state index >= 15 is 0 Å². The van der Waals surface area contributed by atoms with Gasteiger partial charge in [-0.1, -0.05) is 48.5 Å². The average Bonchev–Trinajstić information content (AvgIpc) is 3.06. The van der Waals surface area contributed by atoms with E-state index in [1.165, 1.54) is 16.8 Å². The van der Waals surface area contributed by atoms with Gasteiger partial charge in [0.2, 0.25) is 0 Å². The van der Waals surface area contributed by atoms with Crippen LogP contribution in [0.5, 0.6) is 0 Å². The lowest BCUT2D eigenvalue weighted by Gasteiger charge is -2.11. The Kier molecular flexibility index (Phi) is 4.57. The van der Waals surface area contributed by atoms with Gasteiger partial charge >= 0.3 is 0 Å². The molecule has 3 heteroatoms. The van der Waals surface area contributed by atoms with Crippen LogP contribution in [-0.2, 0) is 0 Å². The lowest BCUT2D eigenvalue weighted by molar-refractivity contribution is 0.531. The van der Waals surface area contributed by atoms with Crippen LogP contribution in [0.3, 0.4) is 0 Å². The monoisotopic (exact) mass is 303 g/mol. The quantitative estimate of drug-likeness (QED) is 0.656. The molecule has 0 saturated carbocycles. The molecule has 0 fully saturated rings. The van der Waals surface area contributed by atoms with E-state index in [0.29, 0.717) is 0 Å². The molecule has 0 saturated heterocycles. The van der Waals surface area contributed by atoms with E-state index in [-0.39, 0.29) is 0 Å². The first kappa shape index (κ1) is 15.1. The smallest absolute Gasteiger partial charge is 0.0561 e. The fourth-order valence-electron chi connectivity index (χ4n) is 2.60. The van der Waals surface area contributed by atoms with Crippen LogP contribution in [0.25, 0.3) is 5.57 Å². The van der Waals surface area contributed by atoms with Crippen molar-refractivity contribution in [3.8, 4) is 0 Å². The number of hydrogen-bond donors (Lipinski definition) is 1. The Labute approximate surface area is 137 Å². The highest BCUT2D eigenvalue weighted by Gasteiger charge is 2.12. The van der Waals surface area contributed by atoms with Gasteiger partial charge in [0.25, 0.3) is 0 Å². The number of para-hydroxylation sites is 1. The summed E-state index contributed by atoms with van der Waals surface area (Å²) in [5.74, 6) is 0. The van der Waals surface area contributed by atoms with Crippen molar-refractivity contribution in [2.75, 3.05) is 19.5 Å². The third-order valence-corrected chi connectivity index (χ3v) is 3.85. The Bertz CT molecular complexity index is 755. The number of anilines is 1. The Hall–Kier alpha value is -2.81. The molecule has 1 N–H and O–H groups in total. The van der Waals surface area contributed by atoms with Crippen molar-refractivity contribution in [3.63, 3.8) is 0 Å². The minimum atomic E-state index is 0.963. The number of benzene rings is 2. The largest absolute Gasteiger partial charge is 0.378 e. The molecule has 0 atom stereocenters. The maximum Gasteiger partial charge on any atom is 0.0561 e. The van der Waals surface area contributed by atoms with E-state index in [1.807, 2.05) is 42.6 Å². The van der Waals surface area contributed by atoms with Gasteiger partial charge < -0.3 is 4.90 Å². The average molecular weight is 303 g/mol. The molecule has 0 radical (unpaired) electrons. The number of rotatable bonds is 5. The molecule has 0 aliphatic heterocycles. The second kappa shape index (κ2) is 6.97. The zero-order valence-corrected chi connectivity index (χ0v) is 13.5. The van der Waals surface area contributed by atoms with Crippen molar-refractivity contribution in [3.05, 3.63) is 83.6 Å². The highest BCUT2D eigenvalue weighted by molar-refractivity contribution is 5.90. The number of hydrazone groups is 1. The highest BCUT2D eigenvalue weighted by Crippen LogP contribution is 2.29. The van der Waals surface area contributed by atoms with Gasteiger partial charge in [-0.3, -0.25) is 5.43 Å². The first-order valence-electron chi connectivity index (χ1n) is 7.75. The zero-order chi connectivity index (χ0) is 16.1. The molecule has 0 amide bonds. The Morgan fingerprint density at radius 1 is 1.00 bits per heavy atom. The molecule has 0 aromatic heterocycles. The molecule has 1 aliphatic carbocycles. The van der Waals surface area contributed by atoms with Crippen LogP contribution in [-0.4, -0.2) is 25.2 Å². The summed E-state index contributed by atoms with van der Waals surface area (Å²) in [6, 6.07) is 18.3. The SMILES string of the molecule is CN(C)C1=CCC(c2ccccc2/C=N/Nc2ccccc2)=C1. The van der Waals surface area contributed by atoms with Gasteiger partial charge in [-0.15, -0.1) is 0 Å². The number of hydrogen-bond acceptors (Lipinski definition) is 3. The summed E-state index contributed by atoms with van der Waals surface area (Å²) < 4.78 is 0. The summed E-state index contributed by atoms with van der Waals surface area (Å²) in [4.78, 5) is 2.14. The fourth-order valence-corrected chi connectivity index (χ4v) is 2.60.